The molecule has 1 aromatic heterocycles. The minimum absolute atomic E-state index is 0.612. The molecule has 2 heterocycles. The maximum absolute atomic E-state index is 9.03. The van der Waals surface area contributed by atoms with Gasteiger partial charge in [-0.05, 0) is 13.3 Å². The Morgan fingerprint density at radius 3 is 3.07 bits per heavy atom. The number of aryl methyl sites for hydroxylation is 1. The predicted molar refractivity (Wildman–Crippen MR) is 54.6 cm³/mol. The molecule has 0 N–H and O–H groups in total. The van der Waals surface area contributed by atoms with E-state index in [1.165, 1.54) is 11.3 Å². The number of allylic oxidation sites excluding steroid dienone is 2. The molecule has 2 rings (SSSR count). The number of nitriles is 1. The first kappa shape index (κ1) is 9.22. The minimum atomic E-state index is 0.612. The van der Waals surface area contributed by atoms with Crippen LogP contribution in [-0.2, 0) is 4.74 Å². The maximum Gasteiger partial charge on any atom is 0.137 e. The Kier molecular flexibility index (Phi) is 2.51. The summed E-state index contributed by atoms with van der Waals surface area (Å²) in [6.07, 6.45) is 1.87. The van der Waals surface area contributed by atoms with Crippen molar-refractivity contribution in [2.75, 3.05) is 6.61 Å². The van der Waals surface area contributed by atoms with Crippen molar-refractivity contribution in [2.24, 2.45) is 0 Å². The van der Waals surface area contributed by atoms with Crippen molar-refractivity contribution in [3.05, 3.63) is 21.8 Å². The fourth-order valence-corrected chi connectivity index (χ4v) is 2.20. The molecule has 0 spiro atoms. The van der Waals surface area contributed by atoms with Crippen molar-refractivity contribution in [3.63, 3.8) is 0 Å². The number of hydrogen-bond donors (Lipinski definition) is 0. The first-order chi connectivity index (χ1) is 6.81. The molecule has 0 atom stereocenters. The van der Waals surface area contributed by atoms with Crippen molar-refractivity contribution in [1.29, 1.82) is 5.26 Å². The third kappa shape index (κ3) is 1.64. The first-order valence-corrected chi connectivity index (χ1v) is 5.38. The minimum Gasteiger partial charge on any atom is -0.496 e. The van der Waals surface area contributed by atoms with Gasteiger partial charge in [-0.1, -0.05) is 0 Å². The summed E-state index contributed by atoms with van der Waals surface area (Å²) in [7, 11) is 0. The van der Waals surface area contributed by atoms with Crippen LogP contribution in [0.1, 0.15) is 23.5 Å². The molecule has 0 aromatic carbocycles. The van der Waals surface area contributed by atoms with Gasteiger partial charge in [-0.2, -0.15) is 5.26 Å². The van der Waals surface area contributed by atoms with E-state index >= 15 is 0 Å². The summed E-state index contributed by atoms with van der Waals surface area (Å²) in [5.41, 5.74) is 1.57. The highest BCUT2D eigenvalue weighted by Gasteiger charge is 2.17. The Bertz CT molecular complexity index is 406. The van der Waals surface area contributed by atoms with Crippen molar-refractivity contribution in [2.45, 2.75) is 19.8 Å². The molecule has 0 bridgehead atoms. The molecular weight excluding hydrogens is 196 g/mol. The van der Waals surface area contributed by atoms with Crippen LogP contribution in [0.2, 0.25) is 0 Å². The summed E-state index contributed by atoms with van der Waals surface area (Å²) < 4.78 is 5.39. The third-order valence-electron chi connectivity index (χ3n) is 2.05. The van der Waals surface area contributed by atoms with E-state index in [2.05, 4.69) is 11.1 Å². The molecule has 4 heteroatoms. The Balaban J connectivity index is 2.39. The molecule has 3 nitrogen and oxygen atoms in total. The maximum atomic E-state index is 9.03. The molecule has 0 unspecified atom stereocenters. The van der Waals surface area contributed by atoms with Gasteiger partial charge in [-0.3, -0.25) is 0 Å². The van der Waals surface area contributed by atoms with E-state index in [0.29, 0.717) is 5.57 Å². The average molecular weight is 206 g/mol. The van der Waals surface area contributed by atoms with Crippen LogP contribution in [-0.4, -0.2) is 11.6 Å². The van der Waals surface area contributed by atoms with Gasteiger partial charge in [-0.15, -0.1) is 11.3 Å². The second-order valence-corrected chi connectivity index (χ2v) is 4.01. The summed E-state index contributed by atoms with van der Waals surface area (Å²) in [4.78, 5) is 4.28. The topological polar surface area (TPSA) is 45.9 Å². The monoisotopic (exact) mass is 206 g/mol. The number of aromatic nitrogens is 1. The lowest BCUT2D eigenvalue weighted by Crippen LogP contribution is -1.88. The van der Waals surface area contributed by atoms with Gasteiger partial charge in [0.1, 0.15) is 22.4 Å². The molecule has 1 saturated heterocycles. The zero-order chi connectivity index (χ0) is 9.97. The third-order valence-corrected chi connectivity index (χ3v) is 3.03. The molecular formula is C10H10N2OS. The number of ether oxygens (including phenoxy) is 1. The van der Waals surface area contributed by atoms with Crippen molar-refractivity contribution in [3.8, 4) is 6.07 Å². The first-order valence-electron chi connectivity index (χ1n) is 4.50. The van der Waals surface area contributed by atoms with Crippen molar-refractivity contribution >= 4 is 16.9 Å². The van der Waals surface area contributed by atoms with Gasteiger partial charge in [0, 0.05) is 17.5 Å². The molecule has 72 valence electrons. The van der Waals surface area contributed by atoms with Crippen LogP contribution in [0.15, 0.2) is 11.1 Å². The lowest BCUT2D eigenvalue weighted by molar-refractivity contribution is 0.265. The zero-order valence-electron chi connectivity index (χ0n) is 7.91. The van der Waals surface area contributed by atoms with Crippen LogP contribution in [0.25, 0.3) is 5.57 Å². The van der Waals surface area contributed by atoms with E-state index in [4.69, 9.17) is 10.00 Å². The molecule has 1 fully saturated rings. The molecule has 1 aliphatic rings. The van der Waals surface area contributed by atoms with Crippen LogP contribution in [0.3, 0.4) is 0 Å². The summed E-state index contributed by atoms with van der Waals surface area (Å²) in [6.45, 7) is 2.65. The quantitative estimate of drug-likeness (QED) is 0.663. The van der Waals surface area contributed by atoms with E-state index in [9.17, 15) is 0 Å². The van der Waals surface area contributed by atoms with Crippen molar-refractivity contribution < 1.29 is 4.74 Å². The number of hydrogen-bond acceptors (Lipinski definition) is 4. The largest absolute Gasteiger partial charge is 0.496 e. The van der Waals surface area contributed by atoms with Crippen molar-refractivity contribution in [1.82, 2.24) is 4.98 Å². The molecule has 1 aliphatic heterocycles. The standard InChI is InChI=1S/C10H10N2OS/c1-7-6-14-10(12-7)8(5-11)9-3-2-4-13-9/h6H,2-4H2,1H3. The zero-order valence-corrected chi connectivity index (χ0v) is 8.73. The molecule has 14 heavy (non-hydrogen) atoms. The molecule has 0 aliphatic carbocycles. The summed E-state index contributed by atoms with van der Waals surface area (Å²) >= 11 is 1.50. The van der Waals surface area contributed by atoms with Gasteiger partial charge in [-0.25, -0.2) is 4.98 Å². The smallest absolute Gasteiger partial charge is 0.137 e. The van der Waals surface area contributed by atoms with Gasteiger partial charge in [0.2, 0.25) is 0 Å². The lowest BCUT2D eigenvalue weighted by atomic mass is 10.2. The summed E-state index contributed by atoms with van der Waals surface area (Å²) in [5, 5.41) is 11.8. The Hall–Kier alpha value is -1.34. The summed E-state index contributed by atoms with van der Waals surface area (Å²) in [5.74, 6) is 0.807. The SMILES string of the molecule is Cc1csc(C(C#N)=C2CCCO2)n1. The van der Waals surface area contributed by atoms with Gasteiger partial charge in [0.05, 0.1) is 6.61 Å². The molecule has 0 amide bonds. The highest BCUT2D eigenvalue weighted by Crippen LogP contribution is 2.28. The number of thiazole rings is 1. The number of nitrogens with zero attached hydrogens (tertiary/aromatic N) is 2. The van der Waals surface area contributed by atoms with E-state index in [-0.39, 0.29) is 0 Å². The van der Waals surface area contributed by atoms with E-state index in [1.54, 1.807) is 0 Å². The van der Waals surface area contributed by atoms with E-state index < -0.39 is 0 Å². The van der Waals surface area contributed by atoms with Crippen LogP contribution >= 0.6 is 11.3 Å². The highest BCUT2D eigenvalue weighted by molar-refractivity contribution is 7.10. The molecule has 0 saturated carbocycles. The average Bonchev–Trinajstić information content (AvgIpc) is 2.79. The normalized spacial score (nSPS) is 18.9. The van der Waals surface area contributed by atoms with Gasteiger partial charge < -0.3 is 4.74 Å². The predicted octanol–water partition coefficient (Wildman–Crippen LogP) is 2.50. The molecule has 1 aromatic rings. The highest BCUT2D eigenvalue weighted by atomic mass is 32.1. The Morgan fingerprint density at radius 1 is 1.71 bits per heavy atom. The Labute approximate surface area is 86.7 Å². The van der Waals surface area contributed by atoms with Gasteiger partial charge >= 0.3 is 0 Å². The van der Waals surface area contributed by atoms with Crippen LogP contribution in [0.4, 0.5) is 0 Å². The fourth-order valence-electron chi connectivity index (χ4n) is 1.40. The lowest BCUT2D eigenvalue weighted by Gasteiger charge is -1.99. The number of rotatable bonds is 1. The second kappa shape index (κ2) is 3.81. The second-order valence-electron chi connectivity index (χ2n) is 3.16. The molecule has 0 radical (unpaired) electrons. The van der Waals surface area contributed by atoms with E-state index in [0.717, 1.165) is 35.9 Å². The van der Waals surface area contributed by atoms with Gasteiger partial charge in [0.25, 0.3) is 0 Å². The van der Waals surface area contributed by atoms with Crippen LogP contribution in [0, 0.1) is 18.3 Å². The fraction of sp³-hybridized carbons (Fsp3) is 0.400. The Morgan fingerprint density at radius 2 is 2.57 bits per heavy atom. The van der Waals surface area contributed by atoms with E-state index in [1.807, 2.05) is 12.3 Å². The summed E-state index contributed by atoms with van der Waals surface area (Å²) in [6, 6.07) is 2.18. The van der Waals surface area contributed by atoms with Gasteiger partial charge in [0.15, 0.2) is 0 Å². The van der Waals surface area contributed by atoms with Crippen LogP contribution in [0.5, 0.6) is 0 Å². The van der Waals surface area contributed by atoms with Crippen LogP contribution < -0.4 is 0 Å².